The van der Waals surface area contributed by atoms with Crippen molar-refractivity contribution < 1.29 is 46.4 Å². The van der Waals surface area contributed by atoms with Gasteiger partial charge in [-0.15, -0.1) is 5.41 Å². The van der Waals surface area contributed by atoms with E-state index in [0.717, 1.165) is 6.42 Å². The molecule has 1 nitrogen and oxygen atoms in total. The first-order chi connectivity index (χ1) is 4.62. The van der Waals surface area contributed by atoms with E-state index in [1.54, 1.807) is 0 Å². The van der Waals surface area contributed by atoms with Crippen LogP contribution in [0.2, 0.25) is 0 Å². The molecule has 0 aliphatic rings. The Kier molecular flexibility index (Phi) is 10.7. The van der Waals surface area contributed by atoms with Crippen LogP contribution in [0.4, 0.5) is 0 Å². The summed E-state index contributed by atoms with van der Waals surface area (Å²) in [5, 5.41) is 8.77. The molecule has 0 saturated heterocycles. The fourth-order valence-electron chi connectivity index (χ4n) is 0.895. The van der Waals surface area contributed by atoms with Crippen LogP contribution in [0.25, 0.3) is 0 Å². The maximum Gasteiger partial charge on any atom is 0 e. The minimum Gasteiger partial charge on any atom is -0.565 e. The van der Waals surface area contributed by atoms with Crippen LogP contribution in [0.1, 0.15) is 46.5 Å². The van der Waals surface area contributed by atoms with Crippen molar-refractivity contribution in [3.8, 4) is 0 Å². The Hall–Kier alpha value is 1.32. The van der Waals surface area contributed by atoms with Gasteiger partial charge >= 0.3 is 0 Å². The molecule has 0 heterocycles. The van der Waals surface area contributed by atoms with Gasteiger partial charge in [-0.05, 0) is 0 Å². The summed E-state index contributed by atoms with van der Waals surface area (Å²) in [6.07, 6.45) is 4.84. The van der Waals surface area contributed by atoms with Crippen molar-refractivity contribution in [2.75, 3.05) is 0 Å². The summed E-state index contributed by atoms with van der Waals surface area (Å²) in [7, 11) is 0. The Labute approximate surface area is 104 Å². The van der Waals surface area contributed by atoms with Gasteiger partial charge in [0.25, 0.3) is 0 Å². The molecule has 2 heteroatoms. The smallest absolute Gasteiger partial charge is 0 e. The van der Waals surface area contributed by atoms with Crippen LogP contribution in [-0.4, -0.2) is 5.11 Å². The van der Waals surface area contributed by atoms with E-state index in [2.05, 4.69) is 20.8 Å². The SMILES string of the molecule is CCCCCC(C)(C)[CH-]O.[Pr]. The molecule has 0 aromatic carbocycles. The third-order valence-corrected chi connectivity index (χ3v) is 1.77. The van der Waals surface area contributed by atoms with E-state index in [9.17, 15) is 0 Å². The monoisotopic (exact) mass is 284 g/mol. The topological polar surface area (TPSA) is 20.2 Å². The molecule has 0 saturated carbocycles. The Morgan fingerprint density at radius 2 is 1.82 bits per heavy atom. The first-order valence-corrected chi connectivity index (χ1v) is 4.11. The van der Waals surface area contributed by atoms with Crippen LogP contribution >= 0.6 is 0 Å². The molecule has 0 aromatic heterocycles. The number of aliphatic hydroxyl groups excluding tert-OH is 1. The van der Waals surface area contributed by atoms with Gasteiger partial charge in [0.2, 0.25) is 0 Å². The fourth-order valence-corrected chi connectivity index (χ4v) is 0.895. The third kappa shape index (κ3) is 9.24. The molecule has 0 bridgehead atoms. The zero-order valence-corrected chi connectivity index (χ0v) is 11.6. The maximum atomic E-state index is 8.77. The van der Waals surface area contributed by atoms with E-state index in [1.165, 1.54) is 25.9 Å². The van der Waals surface area contributed by atoms with Gasteiger partial charge in [-0.3, -0.25) is 0 Å². The molecule has 0 aromatic rings. The van der Waals surface area contributed by atoms with Crippen LogP contribution in [0.5, 0.6) is 0 Å². The predicted octanol–water partition coefficient (Wildman–Crippen LogP) is 3.13. The van der Waals surface area contributed by atoms with E-state index in [-0.39, 0.29) is 46.7 Å². The first-order valence-electron chi connectivity index (χ1n) is 4.11. The largest absolute Gasteiger partial charge is 0.565 e. The Morgan fingerprint density at radius 1 is 1.27 bits per heavy atom. The summed E-state index contributed by atoms with van der Waals surface area (Å²) in [4.78, 5) is 0. The second-order valence-corrected chi connectivity index (χ2v) is 3.57. The van der Waals surface area contributed by atoms with Crippen molar-refractivity contribution in [2.24, 2.45) is 5.41 Å². The van der Waals surface area contributed by atoms with E-state index in [4.69, 9.17) is 5.11 Å². The molecule has 11 heavy (non-hydrogen) atoms. The molecular formula is C9H19OPr-. The zero-order valence-electron chi connectivity index (χ0n) is 7.93. The summed E-state index contributed by atoms with van der Waals surface area (Å²) >= 11 is 0. The van der Waals surface area contributed by atoms with Crippen LogP contribution in [0.15, 0.2) is 0 Å². The van der Waals surface area contributed by atoms with Crippen molar-refractivity contribution in [1.82, 2.24) is 0 Å². The van der Waals surface area contributed by atoms with Gasteiger partial charge in [0.05, 0.1) is 0 Å². The maximum absolute atomic E-state index is 8.77. The molecule has 0 spiro atoms. The number of aliphatic hydroxyl groups is 1. The minimum absolute atomic E-state index is 0. The number of hydrogen-bond donors (Lipinski definition) is 1. The summed E-state index contributed by atoms with van der Waals surface area (Å²) < 4.78 is 0. The zero-order chi connectivity index (χ0) is 8.04. The third-order valence-electron chi connectivity index (χ3n) is 1.77. The van der Waals surface area contributed by atoms with Crippen molar-refractivity contribution in [2.45, 2.75) is 46.5 Å². The van der Waals surface area contributed by atoms with Crippen molar-refractivity contribution in [3.63, 3.8) is 0 Å². The van der Waals surface area contributed by atoms with Crippen LogP contribution in [0, 0.1) is 53.3 Å². The molecule has 0 aliphatic carbocycles. The van der Waals surface area contributed by atoms with E-state index in [1.807, 2.05) is 0 Å². The fraction of sp³-hybridized carbons (Fsp3) is 0.889. The molecule has 1 N–H and O–H groups in total. The molecule has 0 amide bonds. The van der Waals surface area contributed by atoms with E-state index < -0.39 is 0 Å². The quantitative estimate of drug-likeness (QED) is 0.607. The molecule has 0 atom stereocenters. The number of hydrogen-bond acceptors (Lipinski definition) is 1. The molecule has 0 aliphatic heterocycles. The Balaban J connectivity index is 0. The Morgan fingerprint density at radius 3 is 2.18 bits per heavy atom. The summed E-state index contributed by atoms with van der Waals surface area (Å²) in [5.41, 5.74) is 0.0230. The van der Waals surface area contributed by atoms with Crippen molar-refractivity contribution in [1.29, 1.82) is 0 Å². The van der Waals surface area contributed by atoms with Gasteiger partial charge in [-0.1, -0.05) is 46.5 Å². The van der Waals surface area contributed by atoms with E-state index in [0.29, 0.717) is 0 Å². The van der Waals surface area contributed by atoms with Crippen LogP contribution in [-0.2, 0) is 0 Å². The van der Waals surface area contributed by atoms with Crippen LogP contribution < -0.4 is 0 Å². The molecule has 0 fully saturated rings. The average Bonchev–Trinajstić information content (AvgIpc) is 1.89. The minimum atomic E-state index is 0. The number of unbranched alkanes of at least 4 members (excludes halogenated alkanes) is 2. The summed E-state index contributed by atoms with van der Waals surface area (Å²) in [6, 6.07) is 0. The second-order valence-electron chi connectivity index (χ2n) is 3.57. The van der Waals surface area contributed by atoms with Gasteiger partial charge < -0.3 is 5.11 Å². The first kappa shape index (κ1) is 14.8. The molecule has 0 unspecified atom stereocenters. The van der Waals surface area contributed by atoms with Crippen molar-refractivity contribution >= 4 is 0 Å². The molecule has 0 rings (SSSR count). The molecule has 1 radical (unpaired) electrons. The van der Waals surface area contributed by atoms with E-state index >= 15 is 0 Å². The average molecular weight is 284 g/mol. The van der Waals surface area contributed by atoms with Crippen molar-refractivity contribution in [3.05, 3.63) is 6.61 Å². The van der Waals surface area contributed by atoms with Gasteiger partial charge in [-0.25, -0.2) is 6.61 Å². The van der Waals surface area contributed by atoms with Gasteiger partial charge in [-0.2, -0.15) is 0 Å². The predicted molar refractivity (Wildman–Crippen MR) is 44.2 cm³/mol. The number of rotatable bonds is 5. The standard InChI is InChI=1S/C9H19O.Pr/c1-4-5-6-7-9(2,3)8-10;/h8,10H,4-7H2,1-3H3;/q-1;. The Bertz CT molecular complexity index is 81.6. The second kappa shape index (κ2) is 7.95. The molecule has 65 valence electrons. The summed E-state index contributed by atoms with van der Waals surface area (Å²) in [5.74, 6) is 0. The van der Waals surface area contributed by atoms with Gasteiger partial charge in [0.15, 0.2) is 0 Å². The van der Waals surface area contributed by atoms with Gasteiger partial charge in [0, 0.05) is 41.3 Å². The van der Waals surface area contributed by atoms with Crippen LogP contribution in [0.3, 0.4) is 0 Å². The van der Waals surface area contributed by atoms with Gasteiger partial charge in [0.1, 0.15) is 0 Å². The normalized spacial score (nSPS) is 10.9. The summed E-state index contributed by atoms with van der Waals surface area (Å²) in [6.45, 7) is 7.61. The molecular weight excluding hydrogens is 265 g/mol.